The summed E-state index contributed by atoms with van der Waals surface area (Å²) in [4.78, 5) is 7.45. The zero-order valence-corrected chi connectivity index (χ0v) is 9.07. The molecule has 0 bridgehead atoms. The second-order valence-corrected chi connectivity index (χ2v) is 3.96. The van der Waals surface area contributed by atoms with Crippen LogP contribution in [0.25, 0.3) is 22.2 Å². The van der Waals surface area contributed by atoms with Gasteiger partial charge in [0, 0.05) is 34.6 Å². The van der Waals surface area contributed by atoms with Crippen molar-refractivity contribution in [3.63, 3.8) is 0 Å². The first-order valence-electron chi connectivity index (χ1n) is 5.33. The van der Waals surface area contributed by atoms with Gasteiger partial charge in [0.05, 0.1) is 0 Å². The first-order valence-corrected chi connectivity index (χ1v) is 5.33. The molecule has 3 rings (SSSR count). The van der Waals surface area contributed by atoms with E-state index in [1.807, 2.05) is 24.5 Å². The third kappa shape index (κ3) is 1.39. The fourth-order valence-corrected chi connectivity index (χ4v) is 1.99. The lowest BCUT2D eigenvalue weighted by atomic mass is 10.1. The number of nitrogens with zero attached hydrogens (tertiary/aromatic N) is 1. The van der Waals surface area contributed by atoms with Crippen LogP contribution < -0.4 is 0 Å². The number of benzene rings is 1. The van der Waals surface area contributed by atoms with Crippen LogP contribution in [-0.2, 0) is 0 Å². The van der Waals surface area contributed by atoms with E-state index in [0.29, 0.717) is 0 Å². The van der Waals surface area contributed by atoms with E-state index in [1.165, 1.54) is 22.0 Å². The van der Waals surface area contributed by atoms with Gasteiger partial charge in [-0.3, -0.25) is 4.98 Å². The van der Waals surface area contributed by atoms with Crippen molar-refractivity contribution < 1.29 is 0 Å². The zero-order chi connectivity index (χ0) is 11.0. The fraction of sp³-hybridized carbons (Fsp3) is 0.0714. The maximum Gasteiger partial charge on any atom is 0.0465 e. The second-order valence-electron chi connectivity index (χ2n) is 3.96. The summed E-state index contributed by atoms with van der Waals surface area (Å²) < 4.78 is 0. The molecular weight excluding hydrogens is 196 g/mol. The van der Waals surface area contributed by atoms with Crippen LogP contribution in [0, 0.1) is 6.92 Å². The van der Waals surface area contributed by atoms with E-state index in [9.17, 15) is 0 Å². The average Bonchev–Trinajstić information content (AvgIpc) is 2.76. The SMILES string of the molecule is Cc1cccc2[nH]c(-c3ccncc3)cc12. The van der Waals surface area contributed by atoms with Crippen LogP contribution in [-0.4, -0.2) is 9.97 Å². The van der Waals surface area contributed by atoms with Gasteiger partial charge in [0.1, 0.15) is 0 Å². The monoisotopic (exact) mass is 208 g/mol. The Balaban J connectivity index is 2.23. The van der Waals surface area contributed by atoms with Crippen molar-refractivity contribution in [2.24, 2.45) is 0 Å². The van der Waals surface area contributed by atoms with Crippen LogP contribution in [0.4, 0.5) is 0 Å². The Bertz CT molecular complexity index is 624. The third-order valence-electron chi connectivity index (χ3n) is 2.87. The number of H-pyrrole nitrogens is 1. The van der Waals surface area contributed by atoms with Crippen LogP contribution in [0.1, 0.15) is 5.56 Å². The third-order valence-corrected chi connectivity index (χ3v) is 2.87. The van der Waals surface area contributed by atoms with Gasteiger partial charge in [0.25, 0.3) is 0 Å². The van der Waals surface area contributed by atoms with Crippen molar-refractivity contribution in [1.29, 1.82) is 0 Å². The minimum Gasteiger partial charge on any atom is -0.355 e. The molecule has 1 N–H and O–H groups in total. The van der Waals surface area contributed by atoms with Crippen LogP contribution in [0.15, 0.2) is 48.8 Å². The van der Waals surface area contributed by atoms with E-state index in [0.717, 1.165) is 5.69 Å². The Labute approximate surface area is 94.0 Å². The van der Waals surface area contributed by atoms with Gasteiger partial charge in [-0.1, -0.05) is 12.1 Å². The number of aromatic amines is 1. The molecular formula is C14H12N2. The smallest absolute Gasteiger partial charge is 0.0465 e. The highest BCUT2D eigenvalue weighted by Crippen LogP contribution is 2.25. The molecule has 1 aromatic carbocycles. The molecule has 0 fully saturated rings. The van der Waals surface area contributed by atoms with Gasteiger partial charge in [-0.25, -0.2) is 0 Å². The molecule has 0 radical (unpaired) electrons. The van der Waals surface area contributed by atoms with E-state index in [-0.39, 0.29) is 0 Å². The summed E-state index contributed by atoms with van der Waals surface area (Å²) >= 11 is 0. The molecule has 2 heteroatoms. The molecule has 0 spiro atoms. The molecule has 2 nitrogen and oxygen atoms in total. The van der Waals surface area contributed by atoms with Gasteiger partial charge >= 0.3 is 0 Å². The maximum atomic E-state index is 4.03. The number of hydrogen-bond donors (Lipinski definition) is 1. The van der Waals surface area contributed by atoms with Crippen molar-refractivity contribution in [2.45, 2.75) is 6.92 Å². The van der Waals surface area contributed by atoms with Crippen LogP contribution in [0.2, 0.25) is 0 Å². The molecule has 0 saturated heterocycles. The predicted octanol–water partition coefficient (Wildman–Crippen LogP) is 3.54. The molecule has 2 heterocycles. The molecule has 0 atom stereocenters. The molecule has 0 unspecified atom stereocenters. The number of nitrogens with one attached hydrogen (secondary N) is 1. The van der Waals surface area contributed by atoms with Gasteiger partial charge in [-0.15, -0.1) is 0 Å². The molecule has 78 valence electrons. The van der Waals surface area contributed by atoms with Crippen LogP contribution in [0.5, 0.6) is 0 Å². The zero-order valence-electron chi connectivity index (χ0n) is 9.07. The Morgan fingerprint density at radius 3 is 2.62 bits per heavy atom. The number of pyridine rings is 1. The Morgan fingerprint density at radius 1 is 1.06 bits per heavy atom. The summed E-state index contributed by atoms with van der Waals surface area (Å²) in [6.45, 7) is 2.13. The summed E-state index contributed by atoms with van der Waals surface area (Å²) in [6.07, 6.45) is 3.63. The molecule has 0 saturated carbocycles. The van der Waals surface area contributed by atoms with Crippen LogP contribution >= 0.6 is 0 Å². The van der Waals surface area contributed by atoms with Gasteiger partial charge in [0.2, 0.25) is 0 Å². The highest BCUT2D eigenvalue weighted by molar-refractivity contribution is 5.88. The van der Waals surface area contributed by atoms with Gasteiger partial charge in [-0.05, 0) is 36.8 Å². The number of aryl methyl sites for hydroxylation is 1. The average molecular weight is 208 g/mol. The number of aromatic nitrogens is 2. The first kappa shape index (κ1) is 9.16. The number of hydrogen-bond acceptors (Lipinski definition) is 1. The fourth-order valence-electron chi connectivity index (χ4n) is 1.99. The van der Waals surface area contributed by atoms with Crippen molar-refractivity contribution in [2.75, 3.05) is 0 Å². The number of rotatable bonds is 1. The van der Waals surface area contributed by atoms with Crippen molar-refractivity contribution in [3.8, 4) is 11.3 Å². The van der Waals surface area contributed by atoms with E-state index in [4.69, 9.17) is 0 Å². The summed E-state index contributed by atoms with van der Waals surface area (Å²) in [7, 11) is 0. The maximum absolute atomic E-state index is 4.03. The van der Waals surface area contributed by atoms with Crippen molar-refractivity contribution >= 4 is 10.9 Å². The predicted molar refractivity (Wildman–Crippen MR) is 66.3 cm³/mol. The largest absolute Gasteiger partial charge is 0.355 e. The lowest BCUT2D eigenvalue weighted by Crippen LogP contribution is -1.76. The van der Waals surface area contributed by atoms with E-state index in [2.05, 4.69) is 41.2 Å². The van der Waals surface area contributed by atoms with Crippen molar-refractivity contribution in [1.82, 2.24) is 9.97 Å². The standard InChI is InChI=1S/C14H12N2/c1-10-3-2-4-13-12(10)9-14(16-13)11-5-7-15-8-6-11/h2-9,16H,1H3. The van der Waals surface area contributed by atoms with E-state index < -0.39 is 0 Å². The normalized spacial score (nSPS) is 10.8. The summed E-state index contributed by atoms with van der Waals surface area (Å²) in [5.74, 6) is 0. The molecule has 2 aromatic heterocycles. The van der Waals surface area contributed by atoms with Gasteiger partial charge in [-0.2, -0.15) is 0 Å². The molecule has 0 amide bonds. The van der Waals surface area contributed by atoms with E-state index >= 15 is 0 Å². The van der Waals surface area contributed by atoms with Crippen molar-refractivity contribution in [3.05, 3.63) is 54.4 Å². The minimum absolute atomic E-state index is 1.15. The lowest BCUT2D eigenvalue weighted by molar-refractivity contribution is 1.32. The summed E-state index contributed by atoms with van der Waals surface area (Å²) in [6, 6.07) is 12.5. The molecule has 3 aromatic rings. The minimum atomic E-state index is 1.15. The Kier molecular flexibility index (Phi) is 2.00. The molecule has 0 aliphatic rings. The highest BCUT2D eigenvalue weighted by atomic mass is 14.7. The lowest BCUT2D eigenvalue weighted by Gasteiger charge is -1.94. The second kappa shape index (κ2) is 3.49. The molecule has 16 heavy (non-hydrogen) atoms. The number of fused-ring (bicyclic) bond motifs is 1. The topological polar surface area (TPSA) is 28.7 Å². The molecule has 0 aliphatic carbocycles. The first-order chi connectivity index (χ1) is 7.84. The van der Waals surface area contributed by atoms with Crippen LogP contribution in [0.3, 0.4) is 0 Å². The summed E-state index contributed by atoms with van der Waals surface area (Å²) in [5.41, 5.74) is 4.80. The highest BCUT2D eigenvalue weighted by Gasteiger charge is 2.03. The summed E-state index contributed by atoms with van der Waals surface area (Å²) in [5, 5.41) is 1.29. The Morgan fingerprint density at radius 2 is 1.88 bits per heavy atom. The van der Waals surface area contributed by atoms with Gasteiger partial charge < -0.3 is 4.98 Å². The molecule has 0 aliphatic heterocycles. The van der Waals surface area contributed by atoms with Gasteiger partial charge in [0.15, 0.2) is 0 Å². The quantitative estimate of drug-likeness (QED) is 0.651. The van der Waals surface area contributed by atoms with E-state index in [1.54, 1.807) is 0 Å². The Hall–Kier alpha value is -2.09.